The summed E-state index contributed by atoms with van der Waals surface area (Å²) in [5, 5.41) is 10.3. The number of alkyl halides is 3. The molecule has 3 heterocycles. The molecule has 0 aromatic carbocycles. The Balaban J connectivity index is 0.000000318. The van der Waals surface area contributed by atoms with Crippen LogP contribution in [-0.2, 0) is 20.9 Å². The van der Waals surface area contributed by atoms with Crippen molar-refractivity contribution in [3.63, 3.8) is 0 Å². The van der Waals surface area contributed by atoms with Gasteiger partial charge in [0.15, 0.2) is 0 Å². The summed E-state index contributed by atoms with van der Waals surface area (Å²) < 4.78 is 43.2. The van der Waals surface area contributed by atoms with Gasteiger partial charge in [-0.1, -0.05) is 0 Å². The lowest BCUT2D eigenvalue weighted by atomic mass is 9.79. The first-order valence-corrected chi connectivity index (χ1v) is 10.2. The van der Waals surface area contributed by atoms with Crippen molar-refractivity contribution >= 4 is 11.9 Å². The first-order valence-electron chi connectivity index (χ1n) is 10.2. The summed E-state index contributed by atoms with van der Waals surface area (Å²) in [6, 6.07) is 3.95. The molecule has 3 aliphatic rings. The number of fused-ring (bicyclic) bond motifs is 1. The molecule has 168 valence electrons. The number of furan rings is 1. The summed E-state index contributed by atoms with van der Waals surface area (Å²) >= 11 is 0. The molecule has 4 rings (SSSR count). The summed E-state index contributed by atoms with van der Waals surface area (Å²) in [4.78, 5) is 23.9. The predicted octanol–water partition coefficient (Wildman–Crippen LogP) is 2.67. The molecule has 7 nitrogen and oxygen atoms in total. The molecule has 2 saturated heterocycles. The Hall–Kier alpha value is -2.07. The number of rotatable bonds is 5. The summed E-state index contributed by atoms with van der Waals surface area (Å²) in [6.45, 7) is 4.35. The van der Waals surface area contributed by atoms with Crippen molar-refractivity contribution in [3.8, 4) is 0 Å². The molecule has 0 spiro atoms. The third kappa shape index (κ3) is 6.46. The molecule has 1 saturated carbocycles. The molecule has 3 atom stereocenters. The van der Waals surface area contributed by atoms with Gasteiger partial charge in [0.25, 0.3) is 0 Å². The number of nitrogens with zero attached hydrogens (tertiary/aromatic N) is 1. The van der Waals surface area contributed by atoms with E-state index in [4.69, 9.17) is 19.1 Å². The average Bonchev–Trinajstić information content (AvgIpc) is 3.40. The second-order valence-electron chi connectivity index (χ2n) is 8.06. The maximum absolute atomic E-state index is 12.6. The fourth-order valence-corrected chi connectivity index (χ4v) is 3.97. The van der Waals surface area contributed by atoms with Gasteiger partial charge in [-0.15, -0.1) is 0 Å². The predicted molar refractivity (Wildman–Crippen MR) is 99.4 cm³/mol. The zero-order valence-corrected chi connectivity index (χ0v) is 16.6. The lowest BCUT2D eigenvalue weighted by Crippen LogP contribution is -2.53. The van der Waals surface area contributed by atoms with Crippen LogP contribution >= 0.6 is 0 Å². The van der Waals surface area contributed by atoms with Crippen molar-refractivity contribution in [1.29, 1.82) is 0 Å². The second kappa shape index (κ2) is 9.82. The van der Waals surface area contributed by atoms with Gasteiger partial charge in [0, 0.05) is 38.1 Å². The van der Waals surface area contributed by atoms with Crippen LogP contribution in [0.25, 0.3) is 0 Å². The molecule has 30 heavy (non-hydrogen) atoms. The Labute approximate surface area is 172 Å². The maximum atomic E-state index is 12.6. The molecule has 1 aliphatic carbocycles. The quantitative estimate of drug-likeness (QED) is 0.743. The summed E-state index contributed by atoms with van der Waals surface area (Å²) in [5.74, 6) is -0.368. The third-order valence-electron chi connectivity index (χ3n) is 5.75. The van der Waals surface area contributed by atoms with E-state index in [1.165, 1.54) is 12.8 Å². The summed E-state index contributed by atoms with van der Waals surface area (Å²) in [6.07, 6.45) is 1.30. The van der Waals surface area contributed by atoms with Crippen molar-refractivity contribution in [1.82, 2.24) is 10.2 Å². The molecule has 2 aliphatic heterocycles. The van der Waals surface area contributed by atoms with E-state index >= 15 is 0 Å². The molecule has 3 fully saturated rings. The van der Waals surface area contributed by atoms with Crippen molar-refractivity contribution < 1.29 is 37.0 Å². The number of carbonyl (C=O) groups is 2. The highest BCUT2D eigenvalue weighted by molar-refractivity contribution is 5.79. The van der Waals surface area contributed by atoms with Crippen LogP contribution in [0.5, 0.6) is 0 Å². The van der Waals surface area contributed by atoms with E-state index in [1.54, 1.807) is 6.26 Å². The zero-order valence-electron chi connectivity index (χ0n) is 16.6. The third-order valence-corrected chi connectivity index (χ3v) is 5.75. The fraction of sp³-hybridized carbons (Fsp3) is 0.700. The number of likely N-dealkylation sites (tertiary alicyclic amines) is 1. The van der Waals surface area contributed by atoms with Crippen molar-refractivity contribution in [3.05, 3.63) is 24.2 Å². The Kier molecular flexibility index (Phi) is 7.41. The van der Waals surface area contributed by atoms with Crippen LogP contribution < -0.4 is 5.32 Å². The van der Waals surface area contributed by atoms with Gasteiger partial charge in [-0.05, 0) is 43.7 Å². The van der Waals surface area contributed by atoms with Gasteiger partial charge in [0.2, 0.25) is 5.91 Å². The number of carbonyl (C=O) groups excluding carboxylic acids is 1. The molecule has 0 unspecified atom stereocenters. The molecule has 10 heteroatoms. The summed E-state index contributed by atoms with van der Waals surface area (Å²) in [7, 11) is 0. The number of halogens is 3. The molecule has 2 N–H and O–H groups in total. The van der Waals surface area contributed by atoms with E-state index in [9.17, 15) is 18.0 Å². The Morgan fingerprint density at radius 1 is 1.23 bits per heavy atom. The molecular formula is C20H27F3N2O5. The molecule has 1 aromatic heterocycles. The van der Waals surface area contributed by atoms with Crippen molar-refractivity contribution in [2.75, 3.05) is 26.2 Å². The zero-order chi connectivity index (χ0) is 21.7. The van der Waals surface area contributed by atoms with E-state index in [2.05, 4.69) is 10.2 Å². The van der Waals surface area contributed by atoms with Gasteiger partial charge in [0.1, 0.15) is 5.76 Å². The van der Waals surface area contributed by atoms with Gasteiger partial charge in [-0.25, -0.2) is 4.79 Å². The Morgan fingerprint density at radius 2 is 1.97 bits per heavy atom. The highest BCUT2D eigenvalue weighted by Crippen LogP contribution is 2.34. The van der Waals surface area contributed by atoms with Crippen LogP contribution in [0.1, 0.15) is 31.4 Å². The first-order chi connectivity index (χ1) is 14.2. The number of hydrogen-bond acceptors (Lipinski definition) is 5. The van der Waals surface area contributed by atoms with E-state index in [-0.39, 0.29) is 17.9 Å². The molecular weight excluding hydrogens is 405 g/mol. The van der Waals surface area contributed by atoms with E-state index in [0.717, 1.165) is 57.3 Å². The minimum atomic E-state index is -5.08. The van der Waals surface area contributed by atoms with Gasteiger partial charge in [-0.3, -0.25) is 9.69 Å². The van der Waals surface area contributed by atoms with Crippen LogP contribution in [0.4, 0.5) is 13.2 Å². The monoisotopic (exact) mass is 432 g/mol. The van der Waals surface area contributed by atoms with Crippen LogP contribution in [0.3, 0.4) is 0 Å². The number of carboxylic acid groups (broad SMARTS) is 1. The van der Waals surface area contributed by atoms with E-state index in [0.29, 0.717) is 5.92 Å². The molecule has 1 aromatic rings. The van der Waals surface area contributed by atoms with Gasteiger partial charge < -0.3 is 19.6 Å². The number of piperidine rings is 1. The smallest absolute Gasteiger partial charge is 0.475 e. The van der Waals surface area contributed by atoms with Crippen molar-refractivity contribution in [2.24, 2.45) is 17.8 Å². The van der Waals surface area contributed by atoms with Gasteiger partial charge >= 0.3 is 12.1 Å². The lowest BCUT2D eigenvalue weighted by Gasteiger charge is -2.44. The van der Waals surface area contributed by atoms with Crippen LogP contribution in [0.15, 0.2) is 22.8 Å². The van der Waals surface area contributed by atoms with Crippen molar-refractivity contribution in [2.45, 2.75) is 44.5 Å². The lowest BCUT2D eigenvalue weighted by molar-refractivity contribution is -0.192. The highest BCUT2D eigenvalue weighted by Gasteiger charge is 2.42. The minimum Gasteiger partial charge on any atom is -0.475 e. The normalized spacial score (nSPS) is 26.8. The van der Waals surface area contributed by atoms with Crippen LogP contribution in [0, 0.1) is 17.8 Å². The Bertz CT molecular complexity index is 706. The molecule has 1 amide bonds. The fourth-order valence-electron chi connectivity index (χ4n) is 3.97. The van der Waals surface area contributed by atoms with E-state index in [1.807, 2.05) is 12.1 Å². The highest BCUT2D eigenvalue weighted by atomic mass is 19.4. The number of nitrogens with one attached hydrogen (secondary N) is 1. The number of carboxylic acids is 1. The van der Waals surface area contributed by atoms with Gasteiger partial charge in [-0.2, -0.15) is 13.2 Å². The molecule has 0 bridgehead atoms. The SMILES string of the molecule is O=C(NCC1CC1)[C@@H]1CCO[C@@H]2CCN(Cc3ccco3)C[C@H]21.O=C(O)C(F)(F)F. The number of aliphatic carboxylic acids is 1. The van der Waals surface area contributed by atoms with Gasteiger partial charge in [0.05, 0.1) is 18.9 Å². The largest absolute Gasteiger partial charge is 0.490 e. The minimum absolute atomic E-state index is 0.104. The van der Waals surface area contributed by atoms with Crippen LogP contribution in [0.2, 0.25) is 0 Å². The second-order valence-corrected chi connectivity index (χ2v) is 8.06. The first kappa shape index (κ1) is 22.6. The number of amides is 1. The number of hydrogen-bond donors (Lipinski definition) is 2. The maximum Gasteiger partial charge on any atom is 0.490 e. The summed E-state index contributed by atoms with van der Waals surface area (Å²) in [5.41, 5.74) is 0. The van der Waals surface area contributed by atoms with Crippen LogP contribution in [-0.4, -0.2) is 60.4 Å². The topological polar surface area (TPSA) is 92.0 Å². The standard InChI is InChI=1S/C18H26N2O3.C2HF3O2/c21-18(19-10-13-3-4-13)15-6-9-23-17-5-7-20(12-16(15)17)11-14-2-1-8-22-14;3-2(4,5)1(6)7/h1-2,8,13,15-17H,3-7,9-12H2,(H,19,21);(H,6,7)/t15-,16+,17-;/m1./s1. The molecule has 0 radical (unpaired) electrons. The number of ether oxygens (including phenoxy) is 1. The average molecular weight is 432 g/mol. The van der Waals surface area contributed by atoms with E-state index < -0.39 is 12.1 Å². The Morgan fingerprint density at radius 3 is 2.57 bits per heavy atom.